The van der Waals surface area contributed by atoms with Crippen molar-refractivity contribution in [2.24, 2.45) is 0 Å². The van der Waals surface area contributed by atoms with Crippen molar-refractivity contribution >= 4 is 16.9 Å². The Morgan fingerprint density at radius 1 is 1.13 bits per heavy atom. The van der Waals surface area contributed by atoms with E-state index in [1.54, 1.807) is 59.8 Å². The smallest absolute Gasteiger partial charge is 0.291 e. The van der Waals surface area contributed by atoms with Gasteiger partial charge in [0.15, 0.2) is 16.9 Å². The van der Waals surface area contributed by atoms with Gasteiger partial charge in [-0.25, -0.2) is 0 Å². The highest BCUT2D eigenvalue weighted by atomic mass is 16.5. The molecule has 5 rings (SSSR count). The molecule has 0 aliphatic carbocycles. The summed E-state index contributed by atoms with van der Waals surface area (Å²) in [6.45, 7) is 0.237. The Kier molecular flexibility index (Phi) is 4.43. The molecule has 1 N–H and O–H groups in total. The number of hydrogen-bond acceptors (Lipinski definition) is 6. The van der Waals surface area contributed by atoms with Crippen LogP contribution in [-0.2, 0) is 6.54 Å². The van der Waals surface area contributed by atoms with Crippen molar-refractivity contribution in [3.8, 4) is 11.5 Å². The molecule has 2 aromatic heterocycles. The summed E-state index contributed by atoms with van der Waals surface area (Å²) < 4.78 is 11.2. The Bertz CT molecular complexity index is 1360. The maximum atomic E-state index is 13.4. The quantitative estimate of drug-likeness (QED) is 0.548. The summed E-state index contributed by atoms with van der Waals surface area (Å²) in [5.41, 5.74) is 1.84. The number of nitrogens with zero attached hydrogens (tertiary/aromatic N) is 2. The van der Waals surface area contributed by atoms with Gasteiger partial charge in [-0.2, -0.15) is 0 Å². The second-order valence-corrected chi connectivity index (χ2v) is 7.30. The molecule has 0 saturated carbocycles. The molecule has 154 valence electrons. The Morgan fingerprint density at radius 2 is 1.97 bits per heavy atom. The van der Waals surface area contributed by atoms with E-state index in [4.69, 9.17) is 9.15 Å². The minimum atomic E-state index is -0.696. The lowest BCUT2D eigenvalue weighted by atomic mass is 9.98. The maximum absolute atomic E-state index is 13.4. The third kappa shape index (κ3) is 3.02. The van der Waals surface area contributed by atoms with Crippen LogP contribution < -0.4 is 10.2 Å². The first-order valence-corrected chi connectivity index (χ1v) is 9.71. The van der Waals surface area contributed by atoms with Gasteiger partial charge in [0.2, 0.25) is 5.76 Å². The Morgan fingerprint density at radius 3 is 2.74 bits per heavy atom. The number of aromatic nitrogens is 1. The molecule has 0 saturated heterocycles. The van der Waals surface area contributed by atoms with E-state index < -0.39 is 6.04 Å². The standard InChI is InChI=1S/C24H18N2O5/c1-30-19-11-15(8-9-17(19)27)21-20-22(28)16-6-2-3-7-18(16)31-23(20)24(29)26(21)13-14-5-4-10-25-12-14/h2-12,21,27H,13H2,1H3. The molecule has 31 heavy (non-hydrogen) atoms. The lowest BCUT2D eigenvalue weighted by molar-refractivity contribution is 0.0714. The molecule has 0 bridgehead atoms. The molecule has 0 radical (unpaired) electrons. The predicted molar refractivity (Wildman–Crippen MR) is 113 cm³/mol. The summed E-state index contributed by atoms with van der Waals surface area (Å²) in [6.07, 6.45) is 3.33. The van der Waals surface area contributed by atoms with Crippen molar-refractivity contribution in [2.45, 2.75) is 12.6 Å². The van der Waals surface area contributed by atoms with E-state index >= 15 is 0 Å². The topological polar surface area (TPSA) is 92.9 Å². The minimum absolute atomic E-state index is 0.0276. The first-order chi connectivity index (χ1) is 15.1. The van der Waals surface area contributed by atoms with Crippen LogP contribution >= 0.6 is 0 Å². The third-order valence-corrected chi connectivity index (χ3v) is 5.47. The van der Waals surface area contributed by atoms with Gasteiger partial charge in [-0.3, -0.25) is 14.6 Å². The average Bonchev–Trinajstić information content (AvgIpc) is 3.07. The molecule has 1 aliphatic rings. The van der Waals surface area contributed by atoms with Gasteiger partial charge in [-0.1, -0.05) is 24.3 Å². The molecule has 1 aliphatic heterocycles. The number of hydrogen-bond donors (Lipinski definition) is 1. The number of carbonyl (C=O) groups is 1. The monoisotopic (exact) mass is 414 g/mol. The molecule has 3 heterocycles. The Labute approximate surface area is 177 Å². The van der Waals surface area contributed by atoms with Crippen LogP contribution in [0, 0.1) is 0 Å². The molecule has 2 aromatic carbocycles. The van der Waals surface area contributed by atoms with Crippen molar-refractivity contribution in [1.29, 1.82) is 0 Å². The number of rotatable bonds is 4. The summed E-state index contributed by atoms with van der Waals surface area (Å²) >= 11 is 0. The summed E-state index contributed by atoms with van der Waals surface area (Å²) in [6, 6.07) is 14.6. The molecule has 1 atom stereocenters. The number of aromatic hydroxyl groups is 1. The minimum Gasteiger partial charge on any atom is -0.504 e. The SMILES string of the molecule is COc1cc(C2c3c(oc4ccccc4c3=O)C(=O)N2Cc2cccnc2)ccc1O. The summed E-state index contributed by atoms with van der Waals surface area (Å²) in [5.74, 6) is -0.117. The summed E-state index contributed by atoms with van der Waals surface area (Å²) in [7, 11) is 1.45. The van der Waals surface area contributed by atoms with Crippen LogP contribution in [0.5, 0.6) is 11.5 Å². The molecule has 1 amide bonds. The Hall–Kier alpha value is -4.13. The third-order valence-electron chi connectivity index (χ3n) is 5.47. The highest BCUT2D eigenvalue weighted by Gasteiger charge is 2.43. The first kappa shape index (κ1) is 18.9. The van der Waals surface area contributed by atoms with Crippen molar-refractivity contribution in [2.75, 3.05) is 7.11 Å². The normalized spacial score (nSPS) is 15.3. The number of pyridine rings is 1. The van der Waals surface area contributed by atoms with Gasteiger partial charge in [-0.15, -0.1) is 0 Å². The zero-order valence-corrected chi connectivity index (χ0v) is 16.6. The van der Waals surface area contributed by atoms with Gasteiger partial charge >= 0.3 is 0 Å². The zero-order valence-electron chi connectivity index (χ0n) is 16.6. The average molecular weight is 414 g/mol. The van der Waals surface area contributed by atoms with Crippen LogP contribution in [0.15, 0.2) is 76.2 Å². The van der Waals surface area contributed by atoms with Gasteiger partial charge in [0.1, 0.15) is 5.58 Å². The number of methoxy groups -OCH3 is 1. The lowest BCUT2D eigenvalue weighted by Gasteiger charge is -2.25. The van der Waals surface area contributed by atoms with Crippen LogP contribution in [0.3, 0.4) is 0 Å². The second kappa shape index (κ2) is 7.28. The fraction of sp³-hybridized carbons (Fsp3) is 0.125. The predicted octanol–water partition coefficient (Wildman–Crippen LogP) is 3.65. The highest BCUT2D eigenvalue weighted by molar-refractivity contribution is 5.99. The van der Waals surface area contributed by atoms with E-state index in [1.165, 1.54) is 13.2 Å². The zero-order chi connectivity index (χ0) is 21.5. The van der Waals surface area contributed by atoms with E-state index in [0.29, 0.717) is 16.5 Å². The van der Waals surface area contributed by atoms with Gasteiger partial charge < -0.3 is 19.2 Å². The fourth-order valence-electron chi connectivity index (χ4n) is 4.03. The number of para-hydroxylation sites is 1. The molecule has 1 unspecified atom stereocenters. The maximum Gasteiger partial charge on any atom is 0.291 e. The van der Waals surface area contributed by atoms with E-state index in [1.807, 2.05) is 6.07 Å². The number of fused-ring (bicyclic) bond motifs is 2. The number of phenols is 1. The number of carbonyl (C=O) groups excluding carboxylic acids is 1. The van der Waals surface area contributed by atoms with Crippen LogP contribution in [0.25, 0.3) is 11.0 Å². The molecule has 4 aromatic rings. The van der Waals surface area contributed by atoms with E-state index in [-0.39, 0.29) is 40.7 Å². The van der Waals surface area contributed by atoms with Gasteiger partial charge in [0.25, 0.3) is 5.91 Å². The van der Waals surface area contributed by atoms with Gasteiger partial charge in [0.05, 0.1) is 24.1 Å². The van der Waals surface area contributed by atoms with E-state index in [9.17, 15) is 14.7 Å². The Balaban J connectivity index is 1.74. The first-order valence-electron chi connectivity index (χ1n) is 9.71. The van der Waals surface area contributed by atoms with Crippen LogP contribution in [0.2, 0.25) is 0 Å². The number of amides is 1. The molecular weight excluding hydrogens is 396 g/mol. The highest BCUT2D eigenvalue weighted by Crippen LogP contribution is 2.41. The summed E-state index contributed by atoms with van der Waals surface area (Å²) in [4.78, 5) is 32.5. The molecule has 0 spiro atoms. The van der Waals surface area contributed by atoms with E-state index in [0.717, 1.165) is 5.56 Å². The van der Waals surface area contributed by atoms with Crippen LogP contribution in [-0.4, -0.2) is 28.0 Å². The van der Waals surface area contributed by atoms with E-state index in [2.05, 4.69) is 4.98 Å². The number of benzene rings is 2. The second-order valence-electron chi connectivity index (χ2n) is 7.30. The lowest BCUT2D eigenvalue weighted by Crippen LogP contribution is -2.29. The van der Waals surface area contributed by atoms with Gasteiger partial charge in [-0.05, 0) is 41.5 Å². The number of phenolic OH excluding ortho intramolecular Hbond substituents is 1. The molecular formula is C24H18N2O5. The van der Waals surface area contributed by atoms with Crippen LogP contribution in [0.1, 0.15) is 33.3 Å². The summed E-state index contributed by atoms with van der Waals surface area (Å²) in [5, 5.41) is 10.4. The van der Waals surface area contributed by atoms with Crippen molar-refractivity contribution in [1.82, 2.24) is 9.88 Å². The molecule has 7 heteroatoms. The van der Waals surface area contributed by atoms with Gasteiger partial charge in [0, 0.05) is 18.9 Å². The van der Waals surface area contributed by atoms with Crippen molar-refractivity contribution < 1.29 is 19.1 Å². The van der Waals surface area contributed by atoms with Crippen molar-refractivity contribution in [3.05, 3.63) is 99.7 Å². The van der Waals surface area contributed by atoms with Crippen molar-refractivity contribution in [3.63, 3.8) is 0 Å². The molecule has 0 fully saturated rings. The molecule has 7 nitrogen and oxygen atoms in total. The van der Waals surface area contributed by atoms with Crippen LogP contribution in [0.4, 0.5) is 0 Å². The number of ether oxygens (including phenoxy) is 1. The fourth-order valence-corrected chi connectivity index (χ4v) is 4.03. The largest absolute Gasteiger partial charge is 0.504 e.